The number of likely N-dealkylation sites (tertiary alicyclic amines) is 1. The molecule has 2 saturated carbocycles. The number of alkyl halides is 2. The molecule has 0 aromatic heterocycles. The van der Waals surface area contributed by atoms with E-state index in [1.165, 1.54) is 0 Å². The summed E-state index contributed by atoms with van der Waals surface area (Å²) < 4.78 is 27.9. The van der Waals surface area contributed by atoms with Crippen LogP contribution in [0.15, 0.2) is 0 Å². The number of nitriles is 1. The molecule has 8 heteroatoms. The lowest BCUT2D eigenvalue weighted by Gasteiger charge is -2.45. The number of rotatable bonds is 5. The van der Waals surface area contributed by atoms with E-state index in [1.54, 1.807) is 4.90 Å². The molecule has 1 heterocycles. The zero-order valence-corrected chi connectivity index (χ0v) is 15.8. The molecule has 0 aromatic carbocycles. The highest BCUT2D eigenvalue weighted by Gasteiger charge is 2.53. The average Bonchev–Trinajstić information content (AvgIpc) is 3.26. The lowest BCUT2D eigenvalue weighted by molar-refractivity contribution is -0.134. The van der Waals surface area contributed by atoms with Crippen LogP contribution in [0.4, 0.5) is 13.6 Å². The first-order valence-electron chi connectivity index (χ1n) is 9.75. The zero-order chi connectivity index (χ0) is 19.9. The molecule has 1 aliphatic heterocycles. The van der Waals surface area contributed by atoms with E-state index in [2.05, 4.69) is 11.4 Å². The number of nitrogens with zero attached hydrogens (tertiary/aromatic N) is 2. The molecule has 1 unspecified atom stereocenters. The van der Waals surface area contributed by atoms with Crippen LogP contribution in [-0.2, 0) is 4.79 Å². The van der Waals surface area contributed by atoms with Gasteiger partial charge in [-0.05, 0) is 56.8 Å². The first-order valence-corrected chi connectivity index (χ1v) is 9.75. The van der Waals surface area contributed by atoms with Crippen LogP contribution in [0.1, 0.15) is 58.3 Å². The van der Waals surface area contributed by atoms with Crippen molar-refractivity contribution in [3.63, 3.8) is 0 Å². The van der Waals surface area contributed by atoms with Crippen LogP contribution in [0.25, 0.3) is 0 Å². The van der Waals surface area contributed by atoms with Gasteiger partial charge in [0.1, 0.15) is 5.54 Å². The Labute approximate surface area is 158 Å². The Hall–Kier alpha value is -1.91. The fraction of sp³-hybridized carbons (Fsp3) is 0.842. The molecular weight excluding hydrogens is 354 g/mol. The van der Waals surface area contributed by atoms with Gasteiger partial charge in [-0.25, -0.2) is 13.6 Å². The lowest BCUT2D eigenvalue weighted by Crippen LogP contribution is -2.51. The van der Waals surface area contributed by atoms with Crippen LogP contribution >= 0.6 is 0 Å². The Bertz CT molecular complexity index is 643. The molecule has 3 amide bonds. The second-order valence-corrected chi connectivity index (χ2v) is 8.75. The Morgan fingerprint density at radius 3 is 2.41 bits per heavy atom. The SMILES string of the molecule is CC(F)(F)C[C@H](C(=O)NC1(C#N)CC1)C1CCCC12CCN(C(N)=O)CC2. The minimum absolute atomic E-state index is 0.159. The zero-order valence-electron chi connectivity index (χ0n) is 15.8. The Balaban J connectivity index is 1.79. The average molecular weight is 382 g/mol. The summed E-state index contributed by atoms with van der Waals surface area (Å²) in [6, 6.07) is 1.64. The van der Waals surface area contributed by atoms with Crippen molar-refractivity contribution in [2.45, 2.75) is 69.8 Å². The van der Waals surface area contributed by atoms with Gasteiger partial charge in [0, 0.05) is 25.4 Å². The summed E-state index contributed by atoms with van der Waals surface area (Å²) in [7, 11) is 0. The van der Waals surface area contributed by atoms with Gasteiger partial charge in [0.2, 0.25) is 11.8 Å². The second-order valence-electron chi connectivity index (χ2n) is 8.75. The van der Waals surface area contributed by atoms with Crippen LogP contribution in [0.5, 0.6) is 0 Å². The number of halogens is 2. The maximum absolute atomic E-state index is 13.9. The smallest absolute Gasteiger partial charge is 0.314 e. The highest BCUT2D eigenvalue weighted by Crippen LogP contribution is 2.55. The molecule has 2 aliphatic carbocycles. The molecule has 0 radical (unpaired) electrons. The fourth-order valence-electron chi connectivity index (χ4n) is 5.11. The van der Waals surface area contributed by atoms with Crippen LogP contribution in [0, 0.1) is 28.6 Å². The highest BCUT2D eigenvalue weighted by molar-refractivity contribution is 5.81. The van der Waals surface area contributed by atoms with Crippen molar-refractivity contribution in [3.8, 4) is 6.07 Å². The van der Waals surface area contributed by atoms with Gasteiger partial charge >= 0.3 is 6.03 Å². The minimum atomic E-state index is -2.96. The number of hydrogen-bond acceptors (Lipinski definition) is 3. The van der Waals surface area contributed by atoms with E-state index >= 15 is 0 Å². The molecule has 0 bridgehead atoms. The van der Waals surface area contributed by atoms with Gasteiger partial charge in [0.15, 0.2) is 0 Å². The molecule has 3 N–H and O–H groups in total. The molecule has 1 spiro atoms. The van der Waals surface area contributed by atoms with Crippen LogP contribution in [-0.4, -0.2) is 41.4 Å². The van der Waals surface area contributed by atoms with E-state index in [0.717, 1.165) is 26.2 Å². The van der Waals surface area contributed by atoms with Crippen molar-refractivity contribution in [1.82, 2.24) is 10.2 Å². The van der Waals surface area contributed by atoms with Crippen molar-refractivity contribution < 1.29 is 18.4 Å². The second kappa shape index (κ2) is 6.92. The minimum Gasteiger partial charge on any atom is -0.351 e. The largest absolute Gasteiger partial charge is 0.351 e. The van der Waals surface area contributed by atoms with E-state index in [-0.39, 0.29) is 11.3 Å². The summed E-state index contributed by atoms with van der Waals surface area (Å²) >= 11 is 0. The van der Waals surface area contributed by atoms with Crippen LogP contribution in [0.2, 0.25) is 0 Å². The first kappa shape index (κ1) is 19.8. The molecule has 6 nitrogen and oxygen atoms in total. The van der Waals surface area contributed by atoms with E-state index in [1.807, 2.05) is 0 Å². The molecule has 3 fully saturated rings. The van der Waals surface area contributed by atoms with Crippen molar-refractivity contribution in [1.29, 1.82) is 5.26 Å². The standard InChI is InChI=1S/C19H28F2N4O2/c1-17(20,21)11-13(15(26)24-19(12-22)5-6-19)14-3-2-4-18(14)7-9-25(10-8-18)16(23)27/h13-14H,2-11H2,1H3,(H2,23,27)(H,24,26)/t13-,14?/m0/s1. The van der Waals surface area contributed by atoms with Gasteiger partial charge in [-0.1, -0.05) is 6.42 Å². The Kier molecular flexibility index (Phi) is 5.08. The normalized spacial score (nSPS) is 27.0. The van der Waals surface area contributed by atoms with Gasteiger partial charge < -0.3 is 16.0 Å². The molecule has 2 atom stereocenters. The first-order chi connectivity index (χ1) is 12.6. The molecule has 1 saturated heterocycles. The number of hydrogen-bond donors (Lipinski definition) is 2. The molecule has 3 aliphatic rings. The van der Waals surface area contributed by atoms with Crippen LogP contribution in [0.3, 0.4) is 0 Å². The number of carbonyl (C=O) groups excluding carboxylic acids is 2. The van der Waals surface area contributed by atoms with E-state index in [4.69, 9.17) is 5.73 Å². The monoisotopic (exact) mass is 382 g/mol. The van der Waals surface area contributed by atoms with Crippen molar-refractivity contribution in [2.24, 2.45) is 23.0 Å². The predicted octanol–water partition coefficient (Wildman–Crippen LogP) is 2.78. The summed E-state index contributed by atoms with van der Waals surface area (Å²) in [5.41, 5.74) is 4.30. The number of carbonyl (C=O) groups is 2. The van der Waals surface area contributed by atoms with Gasteiger partial charge in [-0.3, -0.25) is 4.79 Å². The summed E-state index contributed by atoms with van der Waals surface area (Å²) in [4.78, 5) is 25.9. The number of nitrogens with one attached hydrogen (secondary N) is 1. The molecular formula is C19H28F2N4O2. The van der Waals surface area contributed by atoms with E-state index in [9.17, 15) is 23.6 Å². The Morgan fingerprint density at radius 2 is 1.93 bits per heavy atom. The highest BCUT2D eigenvalue weighted by atomic mass is 19.3. The maximum Gasteiger partial charge on any atom is 0.314 e. The molecule has 27 heavy (non-hydrogen) atoms. The summed E-state index contributed by atoms with van der Waals surface area (Å²) in [6.07, 6.45) is 4.51. The topological polar surface area (TPSA) is 99.2 Å². The summed E-state index contributed by atoms with van der Waals surface area (Å²) in [5.74, 6) is -4.35. The third-order valence-corrected chi connectivity index (χ3v) is 6.77. The van der Waals surface area contributed by atoms with E-state index < -0.39 is 35.7 Å². The van der Waals surface area contributed by atoms with Crippen molar-refractivity contribution in [2.75, 3.05) is 13.1 Å². The molecule has 0 aromatic rings. The summed E-state index contributed by atoms with van der Waals surface area (Å²) in [5, 5.41) is 12.0. The van der Waals surface area contributed by atoms with Gasteiger partial charge in [-0.2, -0.15) is 5.26 Å². The number of nitrogens with two attached hydrogens (primary N) is 1. The maximum atomic E-state index is 13.9. The number of piperidine rings is 1. The third-order valence-electron chi connectivity index (χ3n) is 6.77. The molecule has 150 valence electrons. The van der Waals surface area contributed by atoms with Crippen molar-refractivity contribution >= 4 is 11.9 Å². The quantitative estimate of drug-likeness (QED) is 0.765. The van der Waals surface area contributed by atoms with Gasteiger partial charge in [-0.15, -0.1) is 0 Å². The van der Waals surface area contributed by atoms with E-state index in [0.29, 0.717) is 38.8 Å². The number of primary amides is 1. The fourth-order valence-corrected chi connectivity index (χ4v) is 5.11. The lowest BCUT2D eigenvalue weighted by atomic mass is 9.65. The molecule has 3 rings (SSSR count). The summed E-state index contributed by atoms with van der Waals surface area (Å²) in [6.45, 7) is 1.86. The third kappa shape index (κ3) is 4.17. The Morgan fingerprint density at radius 1 is 1.30 bits per heavy atom. The van der Waals surface area contributed by atoms with Gasteiger partial charge in [0.05, 0.1) is 6.07 Å². The number of urea groups is 1. The van der Waals surface area contributed by atoms with Gasteiger partial charge in [0.25, 0.3) is 0 Å². The van der Waals surface area contributed by atoms with Crippen molar-refractivity contribution in [3.05, 3.63) is 0 Å². The van der Waals surface area contributed by atoms with Crippen LogP contribution < -0.4 is 11.1 Å². The predicted molar refractivity (Wildman–Crippen MR) is 94.6 cm³/mol. The number of amides is 3.